The maximum Gasteiger partial charge on any atom is 0.243 e. The van der Waals surface area contributed by atoms with Crippen LogP contribution < -0.4 is 10.5 Å². The summed E-state index contributed by atoms with van der Waals surface area (Å²) in [5, 5.41) is 0.837. The second-order valence-corrected chi connectivity index (χ2v) is 6.91. The standard InChI is InChI=1S/C11H12FN3O2S2/c1-7-14-5-9(18-7)6-15-19(16,17)11-4-8(13)2-3-10(11)12/h2-5,15H,6,13H2,1H3. The Morgan fingerprint density at radius 3 is 2.84 bits per heavy atom. The van der Waals surface area contributed by atoms with E-state index in [0.717, 1.165) is 22.0 Å². The van der Waals surface area contributed by atoms with Crippen molar-refractivity contribution in [1.29, 1.82) is 0 Å². The molecule has 0 amide bonds. The van der Waals surface area contributed by atoms with Crippen molar-refractivity contribution >= 4 is 27.0 Å². The fraction of sp³-hybridized carbons (Fsp3) is 0.182. The van der Waals surface area contributed by atoms with Crippen molar-refractivity contribution in [3.05, 3.63) is 40.1 Å². The van der Waals surface area contributed by atoms with Gasteiger partial charge in [0.15, 0.2) is 0 Å². The van der Waals surface area contributed by atoms with Crippen molar-refractivity contribution < 1.29 is 12.8 Å². The highest BCUT2D eigenvalue weighted by atomic mass is 32.2. The second kappa shape index (κ2) is 5.24. The quantitative estimate of drug-likeness (QED) is 0.841. The number of anilines is 1. The number of nitrogen functional groups attached to an aromatic ring is 1. The van der Waals surface area contributed by atoms with Gasteiger partial charge in [0.1, 0.15) is 10.7 Å². The number of nitrogens with one attached hydrogen (secondary N) is 1. The lowest BCUT2D eigenvalue weighted by atomic mass is 10.3. The first-order chi connectivity index (χ1) is 8.88. The van der Waals surface area contributed by atoms with Crippen LogP contribution in [-0.2, 0) is 16.6 Å². The van der Waals surface area contributed by atoms with Crippen molar-refractivity contribution in [3.63, 3.8) is 0 Å². The Morgan fingerprint density at radius 1 is 1.47 bits per heavy atom. The number of thiazole rings is 1. The maximum absolute atomic E-state index is 13.5. The molecule has 1 heterocycles. The number of sulfonamides is 1. The molecule has 19 heavy (non-hydrogen) atoms. The average molecular weight is 301 g/mol. The van der Waals surface area contributed by atoms with Gasteiger partial charge in [-0.2, -0.15) is 0 Å². The van der Waals surface area contributed by atoms with Gasteiger partial charge in [-0.3, -0.25) is 0 Å². The molecule has 0 aliphatic heterocycles. The van der Waals surface area contributed by atoms with Crippen molar-refractivity contribution in [1.82, 2.24) is 9.71 Å². The molecule has 0 aliphatic carbocycles. The lowest BCUT2D eigenvalue weighted by molar-refractivity contribution is 0.557. The van der Waals surface area contributed by atoms with Gasteiger partial charge in [-0.25, -0.2) is 22.5 Å². The zero-order valence-electron chi connectivity index (χ0n) is 10.1. The molecule has 0 saturated carbocycles. The number of nitrogens with two attached hydrogens (primary N) is 1. The molecule has 0 saturated heterocycles. The Labute approximate surface area is 114 Å². The predicted octanol–water partition coefficient (Wildman–Crippen LogP) is 1.65. The molecule has 2 rings (SSSR count). The monoisotopic (exact) mass is 301 g/mol. The summed E-state index contributed by atoms with van der Waals surface area (Å²) in [4.78, 5) is 4.32. The van der Waals surface area contributed by atoms with Crippen molar-refractivity contribution in [2.45, 2.75) is 18.4 Å². The van der Waals surface area contributed by atoms with Gasteiger partial charge in [0, 0.05) is 23.3 Å². The summed E-state index contributed by atoms with van der Waals surface area (Å²) in [6.07, 6.45) is 1.58. The summed E-state index contributed by atoms with van der Waals surface area (Å²) in [6, 6.07) is 3.43. The van der Waals surface area contributed by atoms with E-state index in [1.54, 1.807) is 6.20 Å². The SMILES string of the molecule is Cc1ncc(CNS(=O)(=O)c2cc(N)ccc2F)s1. The van der Waals surface area contributed by atoms with Gasteiger partial charge in [-0.05, 0) is 25.1 Å². The summed E-state index contributed by atoms with van der Waals surface area (Å²) in [7, 11) is -3.93. The van der Waals surface area contributed by atoms with E-state index in [-0.39, 0.29) is 12.2 Å². The van der Waals surface area contributed by atoms with E-state index in [2.05, 4.69) is 9.71 Å². The molecule has 5 nitrogen and oxygen atoms in total. The van der Waals surface area contributed by atoms with Crippen LogP contribution in [0.4, 0.5) is 10.1 Å². The molecule has 0 bridgehead atoms. The van der Waals surface area contributed by atoms with E-state index in [4.69, 9.17) is 5.73 Å². The van der Waals surface area contributed by atoms with Crippen molar-refractivity contribution in [2.24, 2.45) is 0 Å². The third-order valence-electron chi connectivity index (χ3n) is 2.35. The minimum atomic E-state index is -3.93. The van der Waals surface area contributed by atoms with E-state index in [1.165, 1.54) is 17.4 Å². The van der Waals surface area contributed by atoms with Crippen LogP contribution in [0.2, 0.25) is 0 Å². The molecule has 1 aromatic heterocycles. The molecule has 0 atom stereocenters. The Balaban J connectivity index is 2.20. The lowest BCUT2D eigenvalue weighted by Gasteiger charge is -2.07. The van der Waals surface area contributed by atoms with Gasteiger partial charge in [0.05, 0.1) is 5.01 Å². The minimum Gasteiger partial charge on any atom is -0.399 e. The summed E-state index contributed by atoms with van der Waals surface area (Å²) in [5.74, 6) is -0.831. The van der Waals surface area contributed by atoms with Crippen LogP contribution in [0.25, 0.3) is 0 Å². The highest BCUT2D eigenvalue weighted by Crippen LogP contribution is 2.18. The lowest BCUT2D eigenvalue weighted by Crippen LogP contribution is -2.24. The van der Waals surface area contributed by atoms with Gasteiger partial charge >= 0.3 is 0 Å². The molecule has 8 heteroatoms. The molecule has 0 unspecified atom stereocenters. The molecule has 0 spiro atoms. The van der Waals surface area contributed by atoms with Crippen molar-refractivity contribution in [2.75, 3.05) is 5.73 Å². The summed E-state index contributed by atoms with van der Waals surface area (Å²) < 4.78 is 39.8. The first-order valence-electron chi connectivity index (χ1n) is 5.34. The Bertz CT molecular complexity index is 698. The smallest absolute Gasteiger partial charge is 0.243 e. The van der Waals surface area contributed by atoms with Crippen LogP contribution in [0, 0.1) is 12.7 Å². The van der Waals surface area contributed by atoms with Crippen LogP contribution in [0.3, 0.4) is 0 Å². The summed E-state index contributed by atoms with van der Waals surface area (Å²) >= 11 is 1.37. The Kier molecular flexibility index (Phi) is 3.83. The fourth-order valence-corrected chi connectivity index (χ4v) is 3.40. The van der Waals surface area contributed by atoms with Crippen molar-refractivity contribution in [3.8, 4) is 0 Å². The van der Waals surface area contributed by atoms with Gasteiger partial charge in [-0.15, -0.1) is 11.3 Å². The number of aryl methyl sites for hydroxylation is 1. The van der Waals surface area contributed by atoms with E-state index < -0.39 is 20.7 Å². The molecule has 102 valence electrons. The molecule has 3 N–H and O–H groups in total. The molecule has 2 aromatic rings. The molecule has 1 aromatic carbocycles. The number of rotatable bonds is 4. The highest BCUT2D eigenvalue weighted by molar-refractivity contribution is 7.89. The number of nitrogens with zero attached hydrogens (tertiary/aromatic N) is 1. The number of benzene rings is 1. The van der Waals surface area contributed by atoms with E-state index >= 15 is 0 Å². The van der Waals surface area contributed by atoms with Gasteiger partial charge in [-0.1, -0.05) is 0 Å². The summed E-state index contributed by atoms with van der Waals surface area (Å²) in [5.41, 5.74) is 5.66. The Hall–Kier alpha value is -1.51. The number of halogens is 1. The molecule has 0 fully saturated rings. The van der Waals surface area contributed by atoms with E-state index in [0.29, 0.717) is 0 Å². The van der Waals surface area contributed by atoms with Gasteiger partial charge < -0.3 is 5.73 Å². The third kappa shape index (κ3) is 3.28. The minimum absolute atomic E-state index is 0.0715. The van der Waals surface area contributed by atoms with Crippen LogP contribution in [-0.4, -0.2) is 13.4 Å². The number of hydrogen-bond donors (Lipinski definition) is 2. The molecule has 0 aliphatic rings. The normalized spacial score (nSPS) is 11.7. The molecule has 0 radical (unpaired) electrons. The van der Waals surface area contributed by atoms with Gasteiger partial charge in [0.25, 0.3) is 0 Å². The molecular formula is C11H12FN3O2S2. The van der Waals surface area contributed by atoms with Crippen LogP contribution in [0.1, 0.15) is 9.88 Å². The zero-order chi connectivity index (χ0) is 14.0. The second-order valence-electron chi connectivity index (χ2n) is 3.86. The van der Waals surface area contributed by atoms with Crippen LogP contribution >= 0.6 is 11.3 Å². The number of aromatic nitrogens is 1. The third-order valence-corrected chi connectivity index (χ3v) is 4.68. The zero-order valence-corrected chi connectivity index (χ0v) is 11.7. The van der Waals surface area contributed by atoms with Crippen LogP contribution in [0.5, 0.6) is 0 Å². The van der Waals surface area contributed by atoms with Crippen LogP contribution in [0.15, 0.2) is 29.3 Å². The largest absolute Gasteiger partial charge is 0.399 e. The predicted molar refractivity (Wildman–Crippen MR) is 71.7 cm³/mol. The first-order valence-corrected chi connectivity index (χ1v) is 7.64. The van der Waals surface area contributed by atoms with E-state index in [9.17, 15) is 12.8 Å². The average Bonchev–Trinajstić information content (AvgIpc) is 2.76. The highest BCUT2D eigenvalue weighted by Gasteiger charge is 2.19. The first kappa shape index (κ1) is 13.9. The summed E-state index contributed by atoms with van der Waals surface area (Å²) in [6.45, 7) is 1.89. The van der Waals surface area contributed by atoms with E-state index in [1.807, 2.05) is 6.92 Å². The Morgan fingerprint density at radius 2 is 2.21 bits per heavy atom. The fourth-order valence-electron chi connectivity index (χ4n) is 1.46. The van der Waals surface area contributed by atoms with Gasteiger partial charge in [0.2, 0.25) is 10.0 Å². The maximum atomic E-state index is 13.5. The number of hydrogen-bond acceptors (Lipinski definition) is 5. The topological polar surface area (TPSA) is 85.1 Å². The molecular weight excluding hydrogens is 289 g/mol.